The largest absolute Gasteiger partial charge is 0.362 e. The van der Waals surface area contributed by atoms with E-state index in [2.05, 4.69) is 16.9 Å². The van der Waals surface area contributed by atoms with Crippen molar-refractivity contribution in [3.05, 3.63) is 59.9 Å². The molecule has 0 atom stereocenters. The number of anilines is 1. The Labute approximate surface area is 192 Å². The van der Waals surface area contributed by atoms with E-state index in [1.54, 1.807) is 0 Å². The Bertz CT molecular complexity index is 1130. The van der Waals surface area contributed by atoms with Gasteiger partial charge in [-0.25, -0.2) is 12.8 Å². The molecule has 8 nitrogen and oxygen atoms in total. The summed E-state index contributed by atoms with van der Waals surface area (Å²) in [5, 5.41) is 0. The van der Waals surface area contributed by atoms with E-state index in [9.17, 15) is 22.4 Å². The number of fused-ring (bicyclic) bond motifs is 1. The van der Waals surface area contributed by atoms with Crippen LogP contribution in [0.15, 0.2) is 53.4 Å². The lowest BCUT2D eigenvalue weighted by molar-refractivity contribution is -0.131. The molecule has 1 saturated heterocycles. The third-order valence-corrected chi connectivity index (χ3v) is 8.08. The average molecular weight is 475 g/mol. The van der Waals surface area contributed by atoms with E-state index in [4.69, 9.17) is 0 Å². The van der Waals surface area contributed by atoms with Gasteiger partial charge in [0.25, 0.3) is 5.91 Å². The standard InChI is InChI=1S/C23H27FN4O4S/c24-19-8-2-4-10-21(19)33(31,32)28-14-11-18(12-15-28)23(30)26-25-22(29)16-27-13-5-7-17-6-1-3-9-20(17)27/h1-4,6,8-10,18H,5,7,11-16H2,(H,25,29)(H,26,30). The highest BCUT2D eigenvalue weighted by Crippen LogP contribution is 2.27. The van der Waals surface area contributed by atoms with E-state index in [1.165, 1.54) is 28.1 Å². The van der Waals surface area contributed by atoms with Gasteiger partial charge in [-0.1, -0.05) is 30.3 Å². The van der Waals surface area contributed by atoms with Gasteiger partial charge in [-0.3, -0.25) is 20.4 Å². The minimum absolute atomic E-state index is 0.104. The van der Waals surface area contributed by atoms with Crippen molar-refractivity contribution in [2.24, 2.45) is 5.92 Å². The summed E-state index contributed by atoms with van der Waals surface area (Å²) in [5.41, 5.74) is 7.18. The van der Waals surface area contributed by atoms with Gasteiger partial charge in [0.1, 0.15) is 10.7 Å². The van der Waals surface area contributed by atoms with Gasteiger partial charge < -0.3 is 4.90 Å². The second kappa shape index (κ2) is 9.88. The maximum Gasteiger partial charge on any atom is 0.257 e. The zero-order valence-electron chi connectivity index (χ0n) is 18.2. The summed E-state index contributed by atoms with van der Waals surface area (Å²) in [5.74, 6) is -1.91. The molecule has 2 aromatic carbocycles. The Kier molecular flexibility index (Phi) is 6.94. The van der Waals surface area contributed by atoms with Crippen LogP contribution in [0.1, 0.15) is 24.8 Å². The number of piperidine rings is 1. The molecule has 2 heterocycles. The molecule has 1 fully saturated rings. The first-order chi connectivity index (χ1) is 15.9. The Morgan fingerprint density at radius 2 is 1.67 bits per heavy atom. The highest BCUT2D eigenvalue weighted by atomic mass is 32.2. The summed E-state index contributed by atoms with van der Waals surface area (Å²) in [7, 11) is -3.96. The van der Waals surface area contributed by atoms with Gasteiger partial charge in [0.15, 0.2) is 0 Å². The number of sulfonamides is 1. The molecule has 2 aromatic rings. The van der Waals surface area contributed by atoms with Crippen LogP contribution in [0, 0.1) is 11.7 Å². The van der Waals surface area contributed by atoms with Gasteiger partial charge in [-0.15, -0.1) is 0 Å². The van der Waals surface area contributed by atoms with Crippen molar-refractivity contribution in [2.45, 2.75) is 30.6 Å². The van der Waals surface area contributed by atoms with E-state index in [1.807, 2.05) is 23.1 Å². The third kappa shape index (κ3) is 5.17. The smallest absolute Gasteiger partial charge is 0.257 e. The van der Waals surface area contributed by atoms with Crippen LogP contribution in [0.2, 0.25) is 0 Å². The number of carbonyl (C=O) groups excluding carboxylic acids is 2. The molecule has 176 valence electrons. The molecule has 10 heteroatoms. The second-order valence-electron chi connectivity index (χ2n) is 8.30. The van der Waals surface area contributed by atoms with Gasteiger partial charge in [0.2, 0.25) is 15.9 Å². The topological polar surface area (TPSA) is 98.8 Å². The number of nitrogens with zero attached hydrogens (tertiary/aromatic N) is 2. The van der Waals surface area contributed by atoms with Gasteiger partial charge >= 0.3 is 0 Å². The third-order valence-electron chi connectivity index (χ3n) is 6.15. The zero-order valence-corrected chi connectivity index (χ0v) is 19.0. The SMILES string of the molecule is O=C(CN1CCCc2ccccc21)NNC(=O)C1CCN(S(=O)(=O)c2ccccc2F)CC1. The van der Waals surface area contributed by atoms with Crippen molar-refractivity contribution in [2.75, 3.05) is 31.1 Å². The summed E-state index contributed by atoms with van der Waals surface area (Å²) in [6.07, 6.45) is 2.52. The van der Waals surface area contributed by atoms with Gasteiger partial charge in [0.05, 0.1) is 6.54 Å². The molecule has 2 aliphatic heterocycles. The molecule has 2 aliphatic rings. The van der Waals surface area contributed by atoms with Gasteiger partial charge in [0, 0.05) is 31.2 Å². The fourth-order valence-corrected chi connectivity index (χ4v) is 5.91. The number of hydrazine groups is 1. The second-order valence-corrected chi connectivity index (χ2v) is 10.2. The Morgan fingerprint density at radius 1 is 0.970 bits per heavy atom. The lowest BCUT2D eigenvalue weighted by Crippen LogP contribution is -2.50. The van der Waals surface area contributed by atoms with Crippen LogP contribution < -0.4 is 15.8 Å². The lowest BCUT2D eigenvalue weighted by Gasteiger charge is -2.31. The summed E-state index contributed by atoms with van der Waals surface area (Å²) in [6.45, 7) is 1.12. The van der Waals surface area contributed by atoms with E-state index in [0.29, 0.717) is 0 Å². The summed E-state index contributed by atoms with van der Waals surface area (Å²) in [4.78, 5) is 26.5. The molecule has 0 unspecified atom stereocenters. The van der Waals surface area contributed by atoms with Crippen molar-refractivity contribution in [3.63, 3.8) is 0 Å². The number of hydrogen-bond acceptors (Lipinski definition) is 5. The first-order valence-corrected chi connectivity index (χ1v) is 12.5. The number of aryl methyl sites for hydroxylation is 1. The van der Waals surface area contributed by atoms with Gasteiger partial charge in [-0.2, -0.15) is 4.31 Å². The number of rotatable bonds is 5. The molecule has 4 rings (SSSR count). The molecule has 33 heavy (non-hydrogen) atoms. The van der Waals surface area contributed by atoms with E-state index in [-0.39, 0.29) is 49.2 Å². The maximum atomic E-state index is 14.0. The van der Waals surface area contributed by atoms with Crippen LogP contribution in [-0.2, 0) is 26.0 Å². The number of nitrogens with one attached hydrogen (secondary N) is 2. The minimum Gasteiger partial charge on any atom is -0.362 e. The van der Waals surface area contributed by atoms with Crippen molar-refractivity contribution in [3.8, 4) is 0 Å². The van der Waals surface area contributed by atoms with Crippen LogP contribution in [0.25, 0.3) is 0 Å². The zero-order chi connectivity index (χ0) is 23.4. The molecule has 0 aliphatic carbocycles. The molecule has 0 spiro atoms. The molecular formula is C23H27FN4O4S. The summed E-state index contributed by atoms with van der Waals surface area (Å²) in [6, 6.07) is 13.2. The first-order valence-electron chi connectivity index (χ1n) is 11.0. The average Bonchev–Trinajstić information content (AvgIpc) is 2.83. The van der Waals surface area contributed by atoms with Crippen molar-refractivity contribution >= 4 is 27.5 Å². The molecule has 0 aromatic heterocycles. The molecule has 0 bridgehead atoms. The predicted octanol–water partition coefficient (Wildman–Crippen LogP) is 1.83. The van der Waals surface area contributed by atoms with Crippen LogP contribution >= 0.6 is 0 Å². The molecular weight excluding hydrogens is 447 g/mol. The number of para-hydroxylation sites is 1. The Balaban J connectivity index is 1.26. The van der Waals surface area contributed by atoms with E-state index >= 15 is 0 Å². The predicted molar refractivity (Wildman–Crippen MR) is 121 cm³/mol. The van der Waals surface area contributed by atoms with Crippen LogP contribution in [0.3, 0.4) is 0 Å². The normalized spacial score (nSPS) is 17.3. The lowest BCUT2D eigenvalue weighted by atomic mass is 9.98. The number of halogens is 1. The highest BCUT2D eigenvalue weighted by molar-refractivity contribution is 7.89. The van der Waals surface area contributed by atoms with E-state index < -0.39 is 21.8 Å². The molecule has 0 saturated carbocycles. The fourth-order valence-electron chi connectivity index (χ4n) is 4.37. The van der Waals surface area contributed by atoms with Crippen molar-refractivity contribution < 1.29 is 22.4 Å². The summed E-state index contributed by atoms with van der Waals surface area (Å²) < 4.78 is 40.6. The Hall–Kier alpha value is -2.98. The maximum absolute atomic E-state index is 14.0. The van der Waals surface area contributed by atoms with Crippen molar-refractivity contribution in [1.29, 1.82) is 0 Å². The molecule has 0 radical (unpaired) electrons. The highest BCUT2D eigenvalue weighted by Gasteiger charge is 2.33. The fraction of sp³-hybridized carbons (Fsp3) is 0.391. The van der Waals surface area contributed by atoms with Crippen LogP contribution in [-0.4, -0.2) is 50.7 Å². The van der Waals surface area contributed by atoms with Crippen LogP contribution in [0.5, 0.6) is 0 Å². The van der Waals surface area contributed by atoms with Gasteiger partial charge in [-0.05, 0) is 49.4 Å². The number of benzene rings is 2. The first kappa shape index (κ1) is 23.2. The number of hydrogen-bond donors (Lipinski definition) is 2. The number of amides is 2. The van der Waals surface area contributed by atoms with Crippen molar-refractivity contribution in [1.82, 2.24) is 15.2 Å². The minimum atomic E-state index is -3.96. The van der Waals surface area contributed by atoms with Crippen LogP contribution in [0.4, 0.5) is 10.1 Å². The summed E-state index contributed by atoms with van der Waals surface area (Å²) >= 11 is 0. The van der Waals surface area contributed by atoms with E-state index in [0.717, 1.165) is 31.1 Å². The number of carbonyl (C=O) groups is 2. The molecule has 2 N–H and O–H groups in total. The molecule has 2 amide bonds. The monoisotopic (exact) mass is 474 g/mol. The Morgan fingerprint density at radius 3 is 2.42 bits per heavy atom. The quantitative estimate of drug-likeness (QED) is 0.645.